The number of carbonyl (C=O) groups is 2. The smallest absolute Gasteiger partial charge is 0.230 e. The van der Waals surface area contributed by atoms with Crippen LogP contribution in [0.3, 0.4) is 0 Å². The molecule has 0 radical (unpaired) electrons. The van der Waals surface area contributed by atoms with Gasteiger partial charge in [-0.2, -0.15) is 0 Å². The van der Waals surface area contributed by atoms with Gasteiger partial charge in [0.15, 0.2) is 4.34 Å². The van der Waals surface area contributed by atoms with E-state index < -0.39 is 0 Å². The molecule has 1 aliphatic heterocycles. The van der Waals surface area contributed by atoms with Crippen LogP contribution in [-0.4, -0.2) is 41.8 Å². The summed E-state index contributed by atoms with van der Waals surface area (Å²) < 4.78 is 7.32. The molecule has 2 heterocycles. The molecule has 2 amide bonds. The van der Waals surface area contributed by atoms with Crippen LogP contribution in [-0.2, 0) is 14.3 Å². The van der Waals surface area contributed by atoms with Crippen LogP contribution >= 0.6 is 23.1 Å². The molecule has 1 aromatic carbocycles. The highest BCUT2D eigenvalue weighted by atomic mass is 32.2. The lowest BCUT2D eigenvalue weighted by atomic mass is 10.2. The van der Waals surface area contributed by atoms with Crippen molar-refractivity contribution in [2.75, 3.05) is 24.2 Å². The van der Waals surface area contributed by atoms with Gasteiger partial charge in [-0.25, -0.2) is 4.98 Å². The maximum absolute atomic E-state index is 11.9. The summed E-state index contributed by atoms with van der Waals surface area (Å²) in [6.45, 7) is 2.86. The maximum atomic E-state index is 11.9. The van der Waals surface area contributed by atoms with Crippen molar-refractivity contribution in [2.45, 2.75) is 30.2 Å². The SMILES string of the molecule is CC(=O)Nc1ccc2nc(SCC(=O)NC[C@H]3CCCO3)sc2c1. The Morgan fingerprint density at radius 2 is 2.33 bits per heavy atom. The van der Waals surface area contributed by atoms with Crippen molar-refractivity contribution in [1.29, 1.82) is 0 Å². The van der Waals surface area contributed by atoms with E-state index in [4.69, 9.17) is 4.74 Å². The fraction of sp³-hybridized carbons (Fsp3) is 0.438. The zero-order valence-electron chi connectivity index (χ0n) is 13.3. The molecule has 128 valence electrons. The highest BCUT2D eigenvalue weighted by molar-refractivity contribution is 8.01. The minimum Gasteiger partial charge on any atom is -0.376 e. The van der Waals surface area contributed by atoms with E-state index >= 15 is 0 Å². The van der Waals surface area contributed by atoms with E-state index in [0.29, 0.717) is 12.3 Å². The highest BCUT2D eigenvalue weighted by Crippen LogP contribution is 2.31. The molecule has 8 heteroatoms. The Kier molecular flexibility index (Phi) is 5.70. The number of amides is 2. The molecule has 1 saturated heterocycles. The Morgan fingerprint density at radius 1 is 1.46 bits per heavy atom. The average molecular weight is 365 g/mol. The molecular weight excluding hydrogens is 346 g/mol. The molecule has 1 fully saturated rings. The van der Waals surface area contributed by atoms with Crippen LogP contribution in [0, 0.1) is 0 Å². The number of anilines is 1. The predicted molar refractivity (Wildman–Crippen MR) is 96.6 cm³/mol. The molecule has 0 saturated carbocycles. The van der Waals surface area contributed by atoms with Crippen molar-refractivity contribution in [2.24, 2.45) is 0 Å². The summed E-state index contributed by atoms with van der Waals surface area (Å²) in [6.07, 6.45) is 2.25. The first kappa shape index (κ1) is 17.2. The maximum Gasteiger partial charge on any atom is 0.230 e. The van der Waals surface area contributed by atoms with Gasteiger partial charge in [0, 0.05) is 25.8 Å². The lowest BCUT2D eigenvalue weighted by molar-refractivity contribution is -0.119. The lowest BCUT2D eigenvalue weighted by Gasteiger charge is -2.09. The number of ether oxygens (including phenoxy) is 1. The summed E-state index contributed by atoms with van der Waals surface area (Å²) in [4.78, 5) is 27.5. The lowest BCUT2D eigenvalue weighted by Crippen LogP contribution is -2.32. The van der Waals surface area contributed by atoms with Gasteiger partial charge < -0.3 is 15.4 Å². The van der Waals surface area contributed by atoms with E-state index in [9.17, 15) is 9.59 Å². The van der Waals surface area contributed by atoms with Crippen molar-refractivity contribution in [3.8, 4) is 0 Å². The second-order valence-corrected chi connectivity index (χ2v) is 7.82. The molecule has 1 atom stereocenters. The quantitative estimate of drug-likeness (QED) is 0.769. The van der Waals surface area contributed by atoms with Crippen LogP contribution < -0.4 is 10.6 Å². The number of carbonyl (C=O) groups excluding carboxylic acids is 2. The van der Waals surface area contributed by atoms with Crippen molar-refractivity contribution in [3.05, 3.63) is 18.2 Å². The average Bonchev–Trinajstić information content (AvgIpc) is 3.19. The van der Waals surface area contributed by atoms with Crippen LogP contribution in [0.5, 0.6) is 0 Å². The second kappa shape index (κ2) is 7.96. The number of hydrogen-bond donors (Lipinski definition) is 2. The first-order valence-corrected chi connectivity index (χ1v) is 9.59. The fourth-order valence-corrected chi connectivity index (χ4v) is 4.40. The van der Waals surface area contributed by atoms with Gasteiger partial charge in [0.1, 0.15) is 0 Å². The van der Waals surface area contributed by atoms with Gasteiger partial charge in [-0.15, -0.1) is 11.3 Å². The molecule has 0 unspecified atom stereocenters. The number of nitrogens with one attached hydrogen (secondary N) is 2. The molecule has 1 aliphatic rings. The summed E-state index contributed by atoms with van der Waals surface area (Å²) in [6, 6.07) is 5.60. The van der Waals surface area contributed by atoms with Crippen molar-refractivity contribution in [3.63, 3.8) is 0 Å². The highest BCUT2D eigenvalue weighted by Gasteiger charge is 2.16. The number of thioether (sulfide) groups is 1. The van der Waals surface area contributed by atoms with E-state index in [0.717, 1.165) is 39.7 Å². The van der Waals surface area contributed by atoms with E-state index in [1.807, 2.05) is 18.2 Å². The molecule has 24 heavy (non-hydrogen) atoms. The third-order valence-corrected chi connectivity index (χ3v) is 5.73. The normalized spacial score (nSPS) is 17.1. The number of benzene rings is 1. The number of nitrogens with zero attached hydrogens (tertiary/aromatic N) is 1. The zero-order chi connectivity index (χ0) is 16.9. The Morgan fingerprint density at radius 3 is 3.08 bits per heavy atom. The van der Waals surface area contributed by atoms with Gasteiger partial charge in [0.25, 0.3) is 0 Å². The van der Waals surface area contributed by atoms with Gasteiger partial charge in [0.05, 0.1) is 22.1 Å². The Bertz CT molecular complexity index is 741. The number of fused-ring (bicyclic) bond motifs is 1. The number of aromatic nitrogens is 1. The Balaban J connectivity index is 1.52. The summed E-state index contributed by atoms with van der Waals surface area (Å²) in [5, 5.41) is 5.66. The van der Waals surface area contributed by atoms with Crippen molar-refractivity contribution in [1.82, 2.24) is 10.3 Å². The van der Waals surface area contributed by atoms with Crippen LogP contribution in [0.15, 0.2) is 22.5 Å². The minimum atomic E-state index is -0.101. The first-order valence-electron chi connectivity index (χ1n) is 7.79. The molecule has 1 aromatic heterocycles. The molecular formula is C16H19N3O3S2. The summed E-state index contributed by atoms with van der Waals surface area (Å²) >= 11 is 2.94. The number of rotatable bonds is 6. The largest absolute Gasteiger partial charge is 0.376 e. The molecule has 0 bridgehead atoms. The Hall–Kier alpha value is -1.64. The minimum absolute atomic E-state index is 0.00584. The van der Waals surface area contributed by atoms with Crippen molar-refractivity contribution >= 4 is 50.8 Å². The van der Waals surface area contributed by atoms with E-state index in [2.05, 4.69) is 15.6 Å². The number of thiazole rings is 1. The van der Waals surface area contributed by atoms with Crippen LogP contribution in [0.2, 0.25) is 0 Å². The summed E-state index contributed by atoms with van der Waals surface area (Å²) in [5.41, 5.74) is 1.63. The molecule has 2 N–H and O–H groups in total. The number of hydrogen-bond acceptors (Lipinski definition) is 6. The molecule has 6 nitrogen and oxygen atoms in total. The van der Waals surface area contributed by atoms with Gasteiger partial charge in [0.2, 0.25) is 11.8 Å². The van der Waals surface area contributed by atoms with Gasteiger partial charge >= 0.3 is 0 Å². The van der Waals surface area contributed by atoms with Gasteiger partial charge in [-0.3, -0.25) is 9.59 Å². The van der Waals surface area contributed by atoms with Crippen LogP contribution in [0.4, 0.5) is 5.69 Å². The molecule has 3 rings (SSSR count). The molecule has 0 aliphatic carbocycles. The van der Waals surface area contributed by atoms with Gasteiger partial charge in [-0.1, -0.05) is 11.8 Å². The van der Waals surface area contributed by atoms with E-state index in [-0.39, 0.29) is 17.9 Å². The van der Waals surface area contributed by atoms with Gasteiger partial charge in [-0.05, 0) is 31.0 Å². The van der Waals surface area contributed by atoms with Crippen molar-refractivity contribution < 1.29 is 14.3 Å². The molecule has 0 spiro atoms. The van der Waals surface area contributed by atoms with E-state index in [1.165, 1.54) is 30.0 Å². The third kappa shape index (κ3) is 4.68. The Labute approximate surface area is 148 Å². The fourth-order valence-electron chi connectivity index (χ4n) is 2.46. The second-order valence-electron chi connectivity index (χ2n) is 5.57. The van der Waals surface area contributed by atoms with Crippen LogP contribution in [0.25, 0.3) is 10.2 Å². The monoisotopic (exact) mass is 365 g/mol. The topological polar surface area (TPSA) is 80.3 Å². The standard InChI is InChI=1S/C16H19N3O3S2/c1-10(20)18-11-4-5-13-14(7-11)24-16(19-13)23-9-15(21)17-8-12-3-2-6-22-12/h4-5,7,12H,2-3,6,8-9H2,1H3,(H,17,21)(H,18,20)/t12-/m1/s1. The van der Waals surface area contributed by atoms with Crippen LogP contribution in [0.1, 0.15) is 19.8 Å². The first-order chi connectivity index (χ1) is 11.6. The zero-order valence-corrected chi connectivity index (χ0v) is 15.0. The predicted octanol–water partition coefficient (Wildman–Crippen LogP) is 2.64. The third-order valence-electron chi connectivity index (χ3n) is 3.57. The summed E-state index contributed by atoms with van der Waals surface area (Å²) in [7, 11) is 0. The van der Waals surface area contributed by atoms with E-state index in [1.54, 1.807) is 0 Å². The summed E-state index contributed by atoms with van der Waals surface area (Å²) in [5.74, 6) is 0.232. The molecule has 2 aromatic rings.